The molecule has 0 bridgehead atoms. The van der Waals surface area contributed by atoms with E-state index in [1.54, 1.807) is 11.4 Å². The Hall–Kier alpha value is 0.0500. The van der Waals surface area contributed by atoms with Crippen LogP contribution in [-0.4, -0.2) is 27.0 Å². The van der Waals surface area contributed by atoms with Crippen molar-refractivity contribution in [2.75, 3.05) is 14.2 Å². The van der Waals surface area contributed by atoms with Crippen molar-refractivity contribution in [3.05, 3.63) is 15.9 Å². The van der Waals surface area contributed by atoms with Gasteiger partial charge in [-0.25, -0.2) is 8.42 Å². The number of hydrogen-bond acceptors (Lipinski definition) is 4. The summed E-state index contributed by atoms with van der Waals surface area (Å²) in [5, 5.41) is 1.69. The molecule has 13 heavy (non-hydrogen) atoms. The standard InChI is InChI=1S/C6H8BrNO3S2/c1-8(11-2)13(9,10)6-5(7)3-4-12-6/h3-4H,1-2H3. The Kier molecular flexibility index (Phi) is 3.47. The Labute approximate surface area is 89.3 Å². The van der Waals surface area contributed by atoms with E-state index in [9.17, 15) is 8.42 Å². The number of thiophene rings is 1. The molecule has 0 aliphatic rings. The molecule has 1 heterocycles. The van der Waals surface area contributed by atoms with Gasteiger partial charge >= 0.3 is 0 Å². The van der Waals surface area contributed by atoms with Crippen LogP contribution in [0, 0.1) is 0 Å². The van der Waals surface area contributed by atoms with Crippen molar-refractivity contribution >= 4 is 37.3 Å². The monoisotopic (exact) mass is 285 g/mol. The van der Waals surface area contributed by atoms with Crippen LogP contribution >= 0.6 is 27.3 Å². The summed E-state index contributed by atoms with van der Waals surface area (Å²) in [5.41, 5.74) is 0. The molecule has 0 saturated heterocycles. The van der Waals surface area contributed by atoms with Gasteiger partial charge in [0.2, 0.25) is 0 Å². The molecule has 0 saturated carbocycles. The lowest BCUT2D eigenvalue weighted by atomic mass is 10.7. The molecule has 0 unspecified atom stereocenters. The third-order valence-electron chi connectivity index (χ3n) is 1.41. The zero-order valence-electron chi connectivity index (χ0n) is 7.02. The first-order valence-electron chi connectivity index (χ1n) is 3.26. The van der Waals surface area contributed by atoms with Crippen molar-refractivity contribution in [1.82, 2.24) is 4.47 Å². The SMILES string of the molecule is CON(C)S(=O)(=O)c1sccc1Br. The van der Waals surface area contributed by atoms with Gasteiger partial charge in [-0.15, -0.1) is 11.3 Å². The molecule has 0 N–H and O–H groups in total. The minimum atomic E-state index is -3.49. The molecule has 1 aromatic rings. The van der Waals surface area contributed by atoms with Crippen LogP contribution in [0.2, 0.25) is 0 Å². The van der Waals surface area contributed by atoms with E-state index < -0.39 is 10.0 Å². The Morgan fingerprint density at radius 2 is 2.23 bits per heavy atom. The summed E-state index contributed by atoms with van der Waals surface area (Å²) in [6, 6.07) is 1.68. The Balaban J connectivity index is 3.16. The predicted molar refractivity (Wildman–Crippen MR) is 54.0 cm³/mol. The normalized spacial score (nSPS) is 12.3. The van der Waals surface area contributed by atoms with Crippen molar-refractivity contribution in [2.45, 2.75) is 4.21 Å². The van der Waals surface area contributed by atoms with Gasteiger partial charge in [0.1, 0.15) is 0 Å². The van der Waals surface area contributed by atoms with Gasteiger partial charge in [0.15, 0.2) is 4.21 Å². The molecule has 0 atom stereocenters. The van der Waals surface area contributed by atoms with Crippen molar-refractivity contribution in [3.63, 3.8) is 0 Å². The maximum Gasteiger partial charge on any atom is 0.275 e. The third kappa shape index (κ3) is 2.10. The van der Waals surface area contributed by atoms with Gasteiger partial charge in [0, 0.05) is 11.5 Å². The molecular weight excluding hydrogens is 278 g/mol. The van der Waals surface area contributed by atoms with E-state index in [1.807, 2.05) is 0 Å². The molecule has 4 nitrogen and oxygen atoms in total. The van der Waals surface area contributed by atoms with Crippen LogP contribution in [0.25, 0.3) is 0 Å². The average Bonchev–Trinajstić information content (AvgIpc) is 2.50. The number of hydroxylamine groups is 1. The molecule has 0 aromatic carbocycles. The van der Waals surface area contributed by atoms with Crippen LogP contribution in [0.3, 0.4) is 0 Å². The topological polar surface area (TPSA) is 46.6 Å². The molecule has 1 aromatic heterocycles. The van der Waals surface area contributed by atoms with E-state index >= 15 is 0 Å². The lowest BCUT2D eigenvalue weighted by molar-refractivity contribution is -0.0257. The number of halogens is 1. The highest BCUT2D eigenvalue weighted by Crippen LogP contribution is 2.29. The average molecular weight is 286 g/mol. The van der Waals surface area contributed by atoms with Gasteiger partial charge in [0.25, 0.3) is 10.0 Å². The molecule has 0 aliphatic carbocycles. The summed E-state index contributed by atoms with van der Waals surface area (Å²) in [4.78, 5) is 4.62. The quantitative estimate of drug-likeness (QED) is 0.794. The van der Waals surface area contributed by atoms with Crippen molar-refractivity contribution in [3.8, 4) is 0 Å². The molecule has 0 spiro atoms. The Morgan fingerprint density at radius 1 is 1.62 bits per heavy atom. The molecule has 1 rings (SSSR count). The highest BCUT2D eigenvalue weighted by atomic mass is 79.9. The number of rotatable bonds is 3. The van der Waals surface area contributed by atoms with Gasteiger partial charge in [-0.1, -0.05) is 4.47 Å². The number of nitrogens with zero attached hydrogens (tertiary/aromatic N) is 1. The van der Waals surface area contributed by atoms with Crippen LogP contribution in [0.1, 0.15) is 0 Å². The minimum absolute atomic E-state index is 0.247. The van der Waals surface area contributed by atoms with E-state index in [0.717, 1.165) is 15.8 Å². The minimum Gasteiger partial charge on any atom is -0.288 e. The summed E-state index contributed by atoms with van der Waals surface area (Å²) in [5.74, 6) is 0. The maximum absolute atomic E-state index is 11.6. The van der Waals surface area contributed by atoms with Gasteiger partial charge < -0.3 is 0 Å². The first kappa shape index (κ1) is 11.1. The first-order valence-corrected chi connectivity index (χ1v) is 6.37. The van der Waals surface area contributed by atoms with E-state index in [1.165, 1.54) is 14.2 Å². The molecule has 0 aliphatic heterocycles. The van der Waals surface area contributed by atoms with E-state index in [2.05, 4.69) is 20.8 Å². The van der Waals surface area contributed by atoms with E-state index in [4.69, 9.17) is 0 Å². The summed E-state index contributed by atoms with van der Waals surface area (Å²) < 4.78 is 24.9. The predicted octanol–water partition coefficient (Wildman–Crippen LogP) is 1.69. The number of hydrogen-bond donors (Lipinski definition) is 0. The van der Waals surface area contributed by atoms with E-state index in [-0.39, 0.29) is 4.21 Å². The van der Waals surface area contributed by atoms with Crippen LogP contribution in [0.15, 0.2) is 20.1 Å². The summed E-state index contributed by atoms with van der Waals surface area (Å²) in [6.07, 6.45) is 0. The largest absolute Gasteiger partial charge is 0.288 e. The van der Waals surface area contributed by atoms with Crippen LogP contribution < -0.4 is 0 Å². The zero-order chi connectivity index (χ0) is 10.1. The first-order chi connectivity index (χ1) is 6.00. The molecule has 0 fully saturated rings. The molecule has 7 heteroatoms. The van der Waals surface area contributed by atoms with Gasteiger partial charge in [-0.3, -0.25) is 4.84 Å². The molecule has 0 radical (unpaired) electrons. The van der Waals surface area contributed by atoms with Crippen molar-refractivity contribution in [1.29, 1.82) is 0 Å². The summed E-state index contributed by atoms with van der Waals surface area (Å²) in [6.45, 7) is 0. The second-order valence-electron chi connectivity index (χ2n) is 2.15. The fraction of sp³-hybridized carbons (Fsp3) is 0.333. The van der Waals surface area contributed by atoms with Crippen LogP contribution in [0.5, 0.6) is 0 Å². The zero-order valence-corrected chi connectivity index (χ0v) is 10.2. The van der Waals surface area contributed by atoms with Gasteiger partial charge in [0.05, 0.1) is 7.11 Å². The Morgan fingerprint density at radius 3 is 2.62 bits per heavy atom. The molecule has 74 valence electrons. The van der Waals surface area contributed by atoms with Crippen LogP contribution in [0.4, 0.5) is 0 Å². The van der Waals surface area contributed by atoms with Crippen molar-refractivity contribution < 1.29 is 13.3 Å². The van der Waals surface area contributed by atoms with Crippen molar-refractivity contribution in [2.24, 2.45) is 0 Å². The summed E-state index contributed by atoms with van der Waals surface area (Å²) in [7, 11) is -0.840. The highest BCUT2D eigenvalue weighted by molar-refractivity contribution is 9.10. The van der Waals surface area contributed by atoms with Gasteiger partial charge in [-0.2, -0.15) is 0 Å². The third-order valence-corrected chi connectivity index (χ3v) is 5.74. The van der Waals surface area contributed by atoms with Gasteiger partial charge in [-0.05, 0) is 27.4 Å². The smallest absolute Gasteiger partial charge is 0.275 e. The highest BCUT2D eigenvalue weighted by Gasteiger charge is 2.24. The number of sulfonamides is 1. The second-order valence-corrected chi connectivity index (χ2v) is 6.05. The van der Waals surface area contributed by atoms with E-state index in [0.29, 0.717) is 4.47 Å². The maximum atomic E-state index is 11.6. The van der Waals surface area contributed by atoms with Crippen LogP contribution in [-0.2, 0) is 14.9 Å². The lowest BCUT2D eigenvalue weighted by Crippen LogP contribution is -2.25. The fourth-order valence-corrected chi connectivity index (χ4v) is 4.10. The Bertz CT molecular complexity index is 386. The summed E-state index contributed by atoms with van der Waals surface area (Å²) >= 11 is 4.29. The second kappa shape index (κ2) is 4.05. The lowest BCUT2D eigenvalue weighted by Gasteiger charge is -2.12. The molecular formula is C6H8BrNO3S2. The fourth-order valence-electron chi connectivity index (χ4n) is 0.679. The molecule has 0 amide bonds.